The molecule has 0 bridgehead atoms. The highest BCUT2D eigenvalue weighted by atomic mass is 16.5. The molecule has 11 rings (SSSR count). The van der Waals surface area contributed by atoms with Gasteiger partial charge < -0.3 is 58.2 Å². The average molecular weight is 1980 g/mol. The Kier molecular flexibility index (Phi) is 64.8. The van der Waals surface area contributed by atoms with E-state index in [2.05, 4.69) is 376 Å². The van der Waals surface area contributed by atoms with E-state index in [0.717, 1.165) is 145 Å². The smallest absolute Gasteiger partial charge is 0.166 e. The van der Waals surface area contributed by atoms with Crippen molar-refractivity contribution in [1.29, 1.82) is 0 Å². The molecule has 0 radical (unpaired) electrons. The number of hydrogen-bond donors (Lipinski definition) is 6. The zero-order valence-electron chi connectivity index (χ0n) is 102. The predicted octanol–water partition coefficient (Wildman–Crippen LogP) is 32.2. The molecule has 140 heavy (non-hydrogen) atoms. The molecule has 5 fully saturated rings. The fraction of sp³-hybridized carbons (Fsp3) is 0.850. The number of aliphatic hydroxyl groups is 6. The minimum Gasteiger partial charge on any atom is -0.396 e. The van der Waals surface area contributed by atoms with Crippen molar-refractivity contribution in [2.75, 3.05) is 33.0 Å². The molecule has 20 nitrogen and oxygen atoms in total. The third-order valence-electron chi connectivity index (χ3n) is 28.0. The molecule has 6 unspecified atom stereocenters. The van der Waals surface area contributed by atoms with E-state index in [1.54, 1.807) is 24.9 Å². The van der Waals surface area contributed by atoms with Crippen LogP contribution in [0.15, 0.2) is 61.3 Å². The van der Waals surface area contributed by atoms with Gasteiger partial charge in [0.25, 0.3) is 0 Å². The lowest BCUT2D eigenvalue weighted by Gasteiger charge is -2.35. The zero-order valence-corrected chi connectivity index (χ0v) is 102. The molecular formula is C120H232N8O12. The van der Waals surface area contributed by atoms with Crippen molar-refractivity contribution < 1.29 is 58.2 Å². The molecule has 6 atom stereocenters. The Morgan fingerprint density at radius 2 is 0.864 bits per heavy atom. The highest BCUT2D eigenvalue weighted by Crippen LogP contribution is 2.45. The summed E-state index contributed by atoms with van der Waals surface area (Å²) in [4.78, 5) is 0. The lowest BCUT2D eigenvalue weighted by atomic mass is 9.72. The van der Waals surface area contributed by atoms with Crippen molar-refractivity contribution in [3.8, 4) is 0 Å². The highest BCUT2D eigenvalue weighted by molar-refractivity contribution is 5.29. The Bertz CT molecular complexity index is 3920. The zero-order chi connectivity index (χ0) is 110. The van der Waals surface area contributed by atoms with Gasteiger partial charge in [-0.3, -0.25) is 9.36 Å². The van der Waals surface area contributed by atoms with Crippen LogP contribution in [0.2, 0.25) is 0 Å². The van der Waals surface area contributed by atoms with E-state index in [1.165, 1.54) is 88.3 Å². The minimum atomic E-state index is -0.0759. The molecule has 824 valence electrons. The van der Waals surface area contributed by atoms with Crippen LogP contribution in [0.1, 0.15) is 511 Å². The first-order valence-corrected chi connectivity index (χ1v) is 53.9. The van der Waals surface area contributed by atoms with Crippen LogP contribution in [-0.4, -0.2) is 116 Å². The summed E-state index contributed by atoms with van der Waals surface area (Å²) in [5.41, 5.74) is 13.4. The summed E-state index contributed by atoms with van der Waals surface area (Å²) in [6, 6.07) is 4.00. The van der Waals surface area contributed by atoms with Crippen molar-refractivity contribution in [1.82, 2.24) is 40.2 Å². The normalized spacial score (nSPS) is 18.4. The van der Waals surface area contributed by atoms with Crippen LogP contribution in [0.5, 0.6) is 0 Å². The van der Waals surface area contributed by atoms with Gasteiger partial charge in [-0.2, -0.15) is 10.2 Å². The fourth-order valence-electron chi connectivity index (χ4n) is 15.8. The van der Waals surface area contributed by atoms with E-state index < -0.39 is 0 Å². The number of nitrogens with zero attached hydrogens (tertiary/aromatic N) is 8. The van der Waals surface area contributed by atoms with Gasteiger partial charge in [-0.05, 0) is 222 Å². The number of rotatable bonds is 8. The number of aryl methyl sites for hydroxylation is 4. The second-order valence-electron chi connectivity index (χ2n) is 55.6. The second-order valence-corrected chi connectivity index (χ2v) is 55.6. The molecule has 5 aliphatic rings. The number of hydrogen-bond acceptors (Lipinski definition) is 18. The van der Waals surface area contributed by atoms with Crippen LogP contribution in [0.25, 0.3) is 0 Å². The molecule has 8 heterocycles. The molecule has 0 amide bonds. The fourth-order valence-corrected chi connectivity index (χ4v) is 15.8. The van der Waals surface area contributed by atoms with Gasteiger partial charge in [-0.1, -0.05) is 386 Å². The number of aliphatic hydroxyl groups excluding tert-OH is 6. The maximum Gasteiger partial charge on any atom is 0.166 e. The van der Waals surface area contributed by atoms with Gasteiger partial charge in [0, 0.05) is 97.8 Å². The molecule has 2 aliphatic heterocycles. The van der Waals surface area contributed by atoms with E-state index in [1.807, 2.05) is 49.6 Å². The Labute approximate surface area is 863 Å². The van der Waals surface area contributed by atoms with Gasteiger partial charge in [0.15, 0.2) is 5.76 Å². The average Bonchev–Trinajstić information content (AvgIpc) is 1.66. The molecule has 20 heteroatoms. The van der Waals surface area contributed by atoms with Gasteiger partial charge in [-0.25, -0.2) is 0 Å². The summed E-state index contributed by atoms with van der Waals surface area (Å²) in [5.74, 6) is 8.38. The quantitative estimate of drug-likeness (QED) is 0.0826. The second kappa shape index (κ2) is 64.3. The summed E-state index contributed by atoms with van der Waals surface area (Å²) in [7, 11) is 3.88. The van der Waals surface area contributed by atoms with E-state index in [9.17, 15) is 5.11 Å². The van der Waals surface area contributed by atoms with Gasteiger partial charge in [0.1, 0.15) is 30.6 Å². The summed E-state index contributed by atoms with van der Waals surface area (Å²) >= 11 is 0. The van der Waals surface area contributed by atoms with Crippen molar-refractivity contribution in [2.45, 2.75) is 527 Å². The topological polar surface area (TPSA) is 280 Å². The van der Waals surface area contributed by atoms with Crippen LogP contribution < -0.4 is 0 Å². The van der Waals surface area contributed by atoms with E-state index in [4.69, 9.17) is 53.1 Å². The molecule has 0 spiro atoms. The van der Waals surface area contributed by atoms with Crippen LogP contribution in [-0.2, 0) is 75.9 Å². The standard InChI is InChI=1S/C10H20O.C9H16N2O.C9H15NO2.C9H18O.C9H20.C8H14N2.C8H13NO2.C8H13NO.C8H16O.2C8H18.C7H11NO.C7H14.C6H12O.C6H14O/c1-10(2,3)8-4-6-9(11)7-5-8;1-9(2,3)8-5-7(6-12)10-11(8)4;1-6-8(9(2,3)4)7(5-11)12-10-6;1-9(2,3)8-4-6-10-7-5-8;1-6-7-8(2)9(3,4)5;1-8(2,3)7-5-6-9-10(7)4;1-8(2,3)6-5-11-9-7(6)4-10;1-6-7(5-9-10-6)8(2,3)4;1-8(2,3)7-4-5-9-6-7;2*1-6-7(2)8(3,4)5;1-7(2,3)6-4-8-9-5-6;1-7(2,3)6-4-5-6;1-5-2-3-6(7)4-5;1-6(2,3)4-5-7/h8-9,11H,4-7H2,1-3H3;5,12H,6H2,1-4H3;11H,5H2,1-4H3;8H,4-7H2,1-3H3;8H,6-7H2,1-5H3;5-6H,1-4H3;5,10H,4H2,1-3H3;5H,1-4H3;7H,4-6H2,1-3H3;2*7H,6H2,1-5H3;4-5H,1-3H3;6H,4-5H2,1-3H3;5-7H,2-4H2,1H3;7H,4-5H2,1-3H3. The van der Waals surface area contributed by atoms with E-state index in [0.29, 0.717) is 61.4 Å². The molecular weight excluding hydrogens is 1750 g/mol. The lowest BCUT2D eigenvalue weighted by molar-refractivity contribution is 0.0286. The number of aromatic nitrogens is 8. The SMILES string of the molecule is CC(C)(C)C1CC1.CC(C)(C)C1CCC(O)CC1.CC(C)(C)C1CCOC1.CC(C)(C)C1CCOCC1.CC(C)(C)CCO.CC(C)(C)c1cnoc1.CC(C)(C)c1conc1CO.CC1CCC(O)C1.CCC(C)C(C)(C)C.CCC(C)C(C)(C)C.CCCC(C)C(C)(C)C.Cc1noc(CO)c1C(C)(C)C.Cc1oncc1C(C)(C)C.Cn1nc(CO)cc1C(C)(C)C.Cn1nccc1C(C)(C)C. The molecule has 3 saturated carbocycles. The summed E-state index contributed by atoms with van der Waals surface area (Å²) < 4.78 is 33.7. The van der Waals surface area contributed by atoms with Gasteiger partial charge in [0.05, 0.1) is 49.2 Å². The van der Waals surface area contributed by atoms with Gasteiger partial charge >= 0.3 is 0 Å². The molecule has 0 aromatic carbocycles. The lowest BCUT2D eigenvalue weighted by Crippen LogP contribution is -2.27. The maximum atomic E-state index is 9.29. The van der Waals surface area contributed by atoms with Crippen LogP contribution >= 0.6 is 0 Å². The third kappa shape index (κ3) is 64.8. The first-order valence-electron chi connectivity index (χ1n) is 53.9. The van der Waals surface area contributed by atoms with Crippen LogP contribution in [0.4, 0.5) is 0 Å². The molecule has 6 aromatic rings. The van der Waals surface area contributed by atoms with E-state index in [-0.39, 0.29) is 64.5 Å². The summed E-state index contributed by atoms with van der Waals surface area (Å²) in [6.45, 7) is 117. The molecule has 2 saturated heterocycles. The summed E-state index contributed by atoms with van der Waals surface area (Å²) in [6.07, 6.45) is 29.3. The Hall–Kier alpha value is -5.06. The minimum absolute atomic E-state index is 0.00192. The molecule has 3 aliphatic carbocycles. The Morgan fingerprint density at radius 1 is 0.429 bits per heavy atom. The van der Waals surface area contributed by atoms with E-state index >= 15 is 0 Å². The first kappa shape index (κ1) is 141. The van der Waals surface area contributed by atoms with Crippen molar-refractivity contribution in [3.63, 3.8) is 0 Å². The molecule has 6 N–H and O–H groups in total. The summed E-state index contributed by atoms with van der Waals surface area (Å²) in [5, 5.41) is 76.4. The molecule has 6 aromatic heterocycles. The first-order chi connectivity index (χ1) is 63.2. The van der Waals surface area contributed by atoms with Crippen LogP contribution in [0.3, 0.4) is 0 Å². The largest absolute Gasteiger partial charge is 0.396 e. The van der Waals surface area contributed by atoms with Crippen molar-refractivity contribution in [3.05, 3.63) is 105 Å². The van der Waals surface area contributed by atoms with Crippen molar-refractivity contribution in [2.24, 2.45) is 105 Å². The number of ether oxygens (including phenoxy) is 2. The van der Waals surface area contributed by atoms with Crippen LogP contribution in [0, 0.1) is 105 Å². The predicted molar refractivity (Wildman–Crippen MR) is 594 cm³/mol. The monoisotopic (exact) mass is 1980 g/mol. The third-order valence-corrected chi connectivity index (χ3v) is 28.0. The van der Waals surface area contributed by atoms with Crippen molar-refractivity contribution >= 4 is 0 Å². The maximum absolute atomic E-state index is 9.29. The Balaban J connectivity index is -0.000000710. The van der Waals surface area contributed by atoms with Gasteiger partial charge in [-0.15, -0.1) is 0 Å². The highest BCUT2D eigenvalue weighted by Gasteiger charge is 2.35. The van der Waals surface area contributed by atoms with Gasteiger partial charge in [0.2, 0.25) is 0 Å². The Morgan fingerprint density at radius 3 is 1.06 bits per heavy atom.